The molecule has 0 spiro atoms. The van der Waals surface area contributed by atoms with E-state index in [2.05, 4.69) is 4.98 Å². The topological polar surface area (TPSA) is 54.9 Å². The number of Topliss-reactive ketones (excluding diaryl/α,β-unsaturated/α-hetero) is 1. The highest BCUT2D eigenvalue weighted by atomic mass is 19.4. The average Bonchev–Trinajstić information content (AvgIpc) is 3.05. The highest BCUT2D eigenvalue weighted by molar-refractivity contribution is 6.11. The molecule has 0 atom stereocenters. The van der Waals surface area contributed by atoms with E-state index >= 15 is 0 Å². The number of aromatic amines is 1. The third-order valence-electron chi connectivity index (χ3n) is 4.64. The smallest absolute Gasteiger partial charge is 0.356 e. The van der Waals surface area contributed by atoms with Crippen molar-refractivity contribution in [3.63, 3.8) is 0 Å². The summed E-state index contributed by atoms with van der Waals surface area (Å²) in [5, 5.41) is 0. The quantitative estimate of drug-likeness (QED) is 0.511. The number of pyridine rings is 1. The Kier molecular flexibility index (Phi) is 4.58. The summed E-state index contributed by atoms with van der Waals surface area (Å²) in [4.78, 5) is 27.9. The van der Waals surface area contributed by atoms with E-state index in [1.54, 1.807) is 60.7 Å². The second-order valence-electron chi connectivity index (χ2n) is 6.57. The molecule has 4 nitrogen and oxygen atoms in total. The fourth-order valence-electron chi connectivity index (χ4n) is 3.41. The zero-order valence-corrected chi connectivity index (χ0v) is 15.0. The van der Waals surface area contributed by atoms with Gasteiger partial charge in [0.2, 0.25) is 0 Å². The number of rotatable bonds is 4. The number of hydrogen-bond donors (Lipinski definition) is 1. The van der Waals surface area contributed by atoms with Crippen molar-refractivity contribution in [1.82, 2.24) is 9.55 Å². The van der Waals surface area contributed by atoms with Gasteiger partial charge in [-0.2, -0.15) is 13.2 Å². The minimum atomic E-state index is -5.08. The van der Waals surface area contributed by atoms with Gasteiger partial charge < -0.3 is 4.98 Å². The molecule has 0 aliphatic heterocycles. The Morgan fingerprint density at radius 1 is 0.897 bits per heavy atom. The van der Waals surface area contributed by atoms with E-state index in [0.29, 0.717) is 5.69 Å². The Morgan fingerprint density at radius 2 is 1.52 bits per heavy atom. The lowest BCUT2D eigenvalue weighted by molar-refractivity contribution is -0.0884. The first-order chi connectivity index (χ1) is 13.9. The van der Waals surface area contributed by atoms with Gasteiger partial charge in [-0.1, -0.05) is 48.5 Å². The molecule has 4 rings (SSSR count). The summed E-state index contributed by atoms with van der Waals surface area (Å²) in [6, 6.07) is 19.8. The maximum Gasteiger partial charge on any atom is 0.455 e. The molecule has 0 amide bonds. The highest BCUT2D eigenvalue weighted by Gasteiger charge is 2.42. The van der Waals surface area contributed by atoms with Gasteiger partial charge in [-0.25, -0.2) is 0 Å². The second-order valence-corrected chi connectivity index (χ2v) is 6.57. The summed E-state index contributed by atoms with van der Waals surface area (Å²) in [5.74, 6) is -1.98. The van der Waals surface area contributed by atoms with Crippen LogP contribution in [0.5, 0.6) is 0 Å². The number of carbonyl (C=O) groups excluding carboxylic acids is 1. The SMILES string of the molecule is O=C(c1c(Cc2ccccc2)[nH]c2ccc(=O)n(-c3ccccc3)c12)C(F)(F)F. The highest BCUT2D eigenvalue weighted by Crippen LogP contribution is 2.31. The van der Waals surface area contributed by atoms with Crippen LogP contribution in [0, 0.1) is 0 Å². The molecular weight excluding hydrogens is 381 g/mol. The standard InChI is InChI=1S/C22H15F3N2O2/c23-22(24,25)21(29)19-17(13-14-7-3-1-4-8-14)26-16-11-12-18(28)27(20(16)19)15-9-5-2-6-10-15/h1-12,26H,13H2. The first kappa shape index (κ1) is 18.7. The Balaban J connectivity index is 2.04. The van der Waals surface area contributed by atoms with Crippen LogP contribution in [0.3, 0.4) is 0 Å². The maximum absolute atomic E-state index is 13.4. The molecule has 0 saturated carbocycles. The molecule has 29 heavy (non-hydrogen) atoms. The van der Waals surface area contributed by atoms with E-state index in [1.807, 2.05) is 0 Å². The van der Waals surface area contributed by atoms with Crippen LogP contribution in [0.4, 0.5) is 13.2 Å². The number of para-hydroxylation sites is 1. The van der Waals surface area contributed by atoms with Gasteiger partial charge in [0.15, 0.2) is 0 Å². The molecule has 4 aromatic rings. The van der Waals surface area contributed by atoms with E-state index < -0.39 is 23.1 Å². The molecule has 0 aliphatic carbocycles. The summed E-state index contributed by atoms with van der Waals surface area (Å²) < 4.78 is 41.5. The molecule has 146 valence electrons. The number of alkyl halides is 3. The zero-order chi connectivity index (χ0) is 20.6. The number of nitrogens with one attached hydrogen (secondary N) is 1. The van der Waals surface area contributed by atoms with E-state index in [9.17, 15) is 22.8 Å². The van der Waals surface area contributed by atoms with Gasteiger partial charge in [0.25, 0.3) is 11.3 Å². The number of H-pyrrole nitrogens is 1. The fourth-order valence-corrected chi connectivity index (χ4v) is 3.41. The Labute approximate surface area is 163 Å². The lowest BCUT2D eigenvalue weighted by Gasteiger charge is -2.11. The van der Waals surface area contributed by atoms with Crippen LogP contribution < -0.4 is 5.56 Å². The molecule has 2 aromatic carbocycles. The largest absolute Gasteiger partial charge is 0.455 e. The van der Waals surface area contributed by atoms with Gasteiger partial charge in [-0.3, -0.25) is 14.2 Å². The fraction of sp³-hybridized carbons (Fsp3) is 0.0909. The second kappa shape index (κ2) is 7.09. The zero-order valence-electron chi connectivity index (χ0n) is 15.0. The first-order valence-electron chi connectivity index (χ1n) is 8.84. The predicted octanol–water partition coefficient (Wildman–Crippen LogP) is 4.65. The maximum atomic E-state index is 13.4. The van der Waals surface area contributed by atoms with Crippen molar-refractivity contribution in [2.24, 2.45) is 0 Å². The molecule has 2 aromatic heterocycles. The number of ketones is 1. The van der Waals surface area contributed by atoms with E-state index in [0.717, 1.165) is 10.1 Å². The summed E-state index contributed by atoms with van der Waals surface area (Å²) in [6.45, 7) is 0. The molecule has 0 bridgehead atoms. The van der Waals surface area contributed by atoms with Crippen LogP contribution in [0.1, 0.15) is 21.6 Å². The third-order valence-corrected chi connectivity index (χ3v) is 4.64. The minimum absolute atomic E-state index is 0.0723. The van der Waals surface area contributed by atoms with Gasteiger partial charge in [-0.05, 0) is 23.8 Å². The molecule has 1 N–H and O–H groups in total. The van der Waals surface area contributed by atoms with Crippen LogP contribution in [0.15, 0.2) is 77.6 Å². The lowest BCUT2D eigenvalue weighted by Crippen LogP contribution is -2.26. The Morgan fingerprint density at radius 3 is 2.14 bits per heavy atom. The number of nitrogens with zero attached hydrogens (tertiary/aromatic N) is 1. The van der Waals surface area contributed by atoms with Crippen LogP contribution in [0.25, 0.3) is 16.7 Å². The molecule has 0 radical (unpaired) electrons. The summed E-state index contributed by atoms with van der Waals surface area (Å²) in [5.41, 5.74) is 0.393. The molecule has 2 heterocycles. The number of fused-ring (bicyclic) bond motifs is 1. The van der Waals surface area contributed by atoms with Crippen molar-refractivity contribution < 1.29 is 18.0 Å². The van der Waals surface area contributed by atoms with Gasteiger partial charge in [0.05, 0.1) is 16.6 Å². The Hall–Kier alpha value is -3.61. The van der Waals surface area contributed by atoms with Crippen molar-refractivity contribution >= 4 is 16.8 Å². The Bertz CT molecular complexity index is 1240. The lowest BCUT2D eigenvalue weighted by atomic mass is 10.0. The van der Waals surface area contributed by atoms with E-state index in [-0.39, 0.29) is 23.1 Å². The summed E-state index contributed by atoms with van der Waals surface area (Å²) >= 11 is 0. The van der Waals surface area contributed by atoms with Gasteiger partial charge in [-0.15, -0.1) is 0 Å². The van der Waals surface area contributed by atoms with Crippen molar-refractivity contribution in [1.29, 1.82) is 0 Å². The van der Waals surface area contributed by atoms with Crippen molar-refractivity contribution in [3.05, 3.63) is 100.0 Å². The predicted molar refractivity (Wildman–Crippen MR) is 104 cm³/mol. The molecule has 0 aliphatic rings. The third kappa shape index (κ3) is 3.47. The number of carbonyl (C=O) groups is 1. The van der Waals surface area contributed by atoms with Gasteiger partial charge in [0.1, 0.15) is 0 Å². The number of halogens is 3. The monoisotopic (exact) mass is 396 g/mol. The summed E-state index contributed by atoms with van der Waals surface area (Å²) in [7, 11) is 0. The summed E-state index contributed by atoms with van der Waals surface area (Å²) in [6.07, 6.45) is -4.98. The van der Waals surface area contributed by atoms with E-state index in [1.165, 1.54) is 12.1 Å². The number of aromatic nitrogens is 2. The van der Waals surface area contributed by atoms with Crippen LogP contribution in [0.2, 0.25) is 0 Å². The van der Waals surface area contributed by atoms with Crippen molar-refractivity contribution in [2.75, 3.05) is 0 Å². The van der Waals surface area contributed by atoms with E-state index in [4.69, 9.17) is 0 Å². The molecule has 0 saturated heterocycles. The number of benzene rings is 2. The van der Waals surface area contributed by atoms with Crippen LogP contribution in [-0.2, 0) is 6.42 Å². The average molecular weight is 396 g/mol. The van der Waals surface area contributed by atoms with Crippen LogP contribution in [-0.4, -0.2) is 21.5 Å². The molecule has 0 fully saturated rings. The first-order valence-corrected chi connectivity index (χ1v) is 8.84. The molecular formula is C22H15F3N2O2. The van der Waals surface area contributed by atoms with Gasteiger partial charge in [0, 0.05) is 23.9 Å². The molecule has 0 unspecified atom stereocenters. The van der Waals surface area contributed by atoms with Crippen LogP contribution >= 0.6 is 0 Å². The number of hydrogen-bond acceptors (Lipinski definition) is 2. The molecule has 7 heteroatoms. The minimum Gasteiger partial charge on any atom is -0.356 e. The normalized spacial score (nSPS) is 11.7. The van der Waals surface area contributed by atoms with Crippen molar-refractivity contribution in [2.45, 2.75) is 12.6 Å². The van der Waals surface area contributed by atoms with Crippen molar-refractivity contribution in [3.8, 4) is 5.69 Å². The van der Waals surface area contributed by atoms with Gasteiger partial charge >= 0.3 is 6.18 Å².